The third-order valence-corrected chi connectivity index (χ3v) is 3.91. The van der Waals surface area contributed by atoms with E-state index in [9.17, 15) is 24.0 Å². The standard InChI is InChI=1S/C19H29N3O8/c1-12(2)21(9-8-16(25)26)18(28)29-11-13(22-14(23)6-7-15(22)24)10-20-17(27)30-19(3,4)5/h6-7,12-13H,8-11H2,1-5H3,(H,20,27)(H,25,26)/t13-/m0/s1. The molecule has 0 bridgehead atoms. The zero-order valence-corrected chi connectivity index (χ0v) is 17.8. The van der Waals surface area contributed by atoms with Crippen LogP contribution in [0.25, 0.3) is 0 Å². The predicted octanol–water partition coefficient (Wildman–Crippen LogP) is 1.13. The normalized spacial score (nSPS) is 14.7. The number of imide groups is 1. The SMILES string of the molecule is CC(C)N(CCC(=O)O)C(=O)OC[C@H](CNC(=O)OC(C)(C)C)N1C(=O)C=CC1=O. The van der Waals surface area contributed by atoms with Gasteiger partial charge in [-0.15, -0.1) is 0 Å². The van der Waals surface area contributed by atoms with Crippen LogP contribution in [0, 0.1) is 0 Å². The number of carboxylic acid groups (broad SMARTS) is 1. The Morgan fingerprint density at radius 2 is 1.73 bits per heavy atom. The predicted molar refractivity (Wildman–Crippen MR) is 104 cm³/mol. The molecule has 11 nitrogen and oxygen atoms in total. The van der Waals surface area contributed by atoms with Gasteiger partial charge in [-0.25, -0.2) is 9.59 Å². The smallest absolute Gasteiger partial charge is 0.410 e. The summed E-state index contributed by atoms with van der Waals surface area (Å²) in [6.07, 6.45) is 0.358. The second-order valence-electron chi connectivity index (χ2n) is 7.92. The molecule has 1 atom stereocenters. The minimum atomic E-state index is -1.06. The Labute approximate surface area is 175 Å². The lowest BCUT2D eigenvalue weighted by atomic mass is 10.2. The Morgan fingerprint density at radius 3 is 2.20 bits per heavy atom. The molecular weight excluding hydrogens is 398 g/mol. The molecule has 168 valence electrons. The maximum Gasteiger partial charge on any atom is 0.410 e. The molecule has 1 rings (SSSR count). The molecule has 0 saturated heterocycles. The fraction of sp³-hybridized carbons (Fsp3) is 0.632. The first-order valence-corrected chi connectivity index (χ1v) is 9.49. The van der Waals surface area contributed by atoms with Gasteiger partial charge in [0.15, 0.2) is 0 Å². The highest BCUT2D eigenvalue weighted by Gasteiger charge is 2.33. The molecule has 1 aliphatic heterocycles. The summed E-state index contributed by atoms with van der Waals surface area (Å²) >= 11 is 0. The van der Waals surface area contributed by atoms with Gasteiger partial charge < -0.3 is 24.8 Å². The average molecular weight is 427 g/mol. The van der Waals surface area contributed by atoms with Gasteiger partial charge in [-0.3, -0.25) is 19.3 Å². The zero-order valence-electron chi connectivity index (χ0n) is 17.8. The third-order valence-electron chi connectivity index (χ3n) is 3.91. The molecule has 2 N–H and O–H groups in total. The van der Waals surface area contributed by atoms with Crippen LogP contribution < -0.4 is 5.32 Å². The number of aliphatic carboxylic acids is 1. The summed E-state index contributed by atoms with van der Waals surface area (Å²) < 4.78 is 10.4. The van der Waals surface area contributed by atoms with Gasteiger partial charge in [0, 0.05) is 31.3 Å². The van der Waals surface area contributed by atoms with Crippen LogP contribution in [-0.2, 0) is 23.9 Å². The van der Waals surface area contributed by atoms with Crippen LogP contribution in [0.2, 0.25) is 0 Å². The van der Waals surface area contributed by atoms with E-state index in [0.29, 0.717) is 0 Å². The van der Waals surface area contributed by atoms with Gasteiger partial charge in [-0.1, -0.05) is 0 Å². The van der Waals surface area contributed by atoms with Crippen LogP contribution in [0.1, 0.15) is 41.0 Å². The lowest BCUT2D eigenvalue weighted by molar-refractivity contribution is -0.141. The van der Waals surface area contributed by atoms with Crippen LogP contribution in [0.4, 0.5) is 9.59 Å². The molecule has 0 unspecified atom stereocenters. The van der Waals surface area contributed by atoms with E-state index in [1.54, 1.807) is 34.6 Å². The molecule has 1 aliphatic rings. The molecule has 0 aromatic heterocycles. The summed E-state index contributed by atoms with van der Waals surface area (Å²) in [5.41, 5.74) is -0.741. The number of rotatable bonds is 9. The number of alkyl carbamates (subject to hydrolysis) is 1. The van der Waals surface area contributed by atoms with Gasteiger partial charge in [0.25, 0.3) is 11.8 Å². The van der Waals surface area contributed by atoms with E-state index in [-0.39, 0.29) is 32.2 Å². The zero-order chi connectivity index (χ0) is 23.1. The van der Waals surface area contributed by atoms with Crippen molar-refractivity contribution in [1.82, 2.24) is 15.1 Å². The summed E-state index contributed by atoms with van der Waals surface area (Å²) in [7, 11) is 0. The number of ether oxygens (including phenoxy) is 2. The van der Waals surface area contributed by atoms with Gasteiger partial charge in [-0.2, -0.15) is 0 Å². The number of hydrogen-bond acceptors (Lipinski definition) is 7. The molecule has 30 heavy (non-hydrogen) atoms. The molecule has 0 aromatic carbocycles. The van der Waals surface area contributed by atoms with E-state index in [1.165, 1.54) is 4.90 Å². The van der Waals surface area contributed by atoms with Crippen molar-refractivity contribution >= 4 is 30.0 Å². The average Bonchev–Trinajstić information content (AvgIpc) is 2.92. The first kappa shape index (κ1) is 24.9. The molecule has 4 amide bonds. The number of carboxylic acids is 1. The van der Waals surface area contributed by atoms with Gasteiger partial charge in [0.2, 0.25) is 0 Å². The maximum absolute atomic E-state index is 12.4. The van der Waals surface area contributed by atoms with Crippen molar-refractivity contribution in [2.75, 3.05) is 19.7 Å². The summed E-state index contributed by atoms with van der Waals surface area (Å²) in [5.74, 6) is -2.26. The maximum atomic E-state index is 12.4. The van der Waals surface area contributed by atoms with E-state index in [1.807, 2.05) is 0 Å². The van der Waals surface area contributed by atoms with E-state index in [0.717, 1.165) is 17.1 Å². The van der Waals surface area contributed by atoms with Crippen LogP contribution >= 0.6 is 0 Å². The topological polar surface area (TPSA) is 143 Å². The fourth-order valence-corrected chi connectivity index (χ4v) is 2.54. The van der Waals surface area contributed by atoms with Crippen molar-refractivity contribution in [3.63, 3.8) is 0 Å². The van der Waals surface area contributed by atoms with Crippen LogP contribution in [0.3, 0.4) is 0 Å². The molecule has 0 radical (unpaired) electrons. The Balaban J connectivity index is 2.81. The highest BCUT2D eigenvalue weighted by molar-refractivity contribution is 6.13. The van der Waals surface area contributed by atoms with Crippen molar-refractivity contribution in [2.24, 2.45) is 0 Å². The monoisotopic (exact) mass is 427 g/mol. The third kappa shape index (κ3) is 8.10. The van der Waals surface area contributed by atoms with Crippen LogP contribution in [-0.4, -0.2) is 82.3 Å². The number of amides is 4. The number of carbonyl (C=O) groups excluding carboxylic acids is 4. The van der Waals surface area contributed by atoms with Crippen molar-refractivity contribution < 1.29 is 38.6 Å². The number of carbonyl (C=O) groups is 5. The Morgan fingerprint density at radius 1 is 1.17 bits per heavy atom. The summed E-state index contributed by atoms with van der Waals surface area (Å²) in [6, 6.07) is -1.29. The lowest BCUT2D eigenvalue weighted by Gasteiger charge is -2.29. The van der Waals surface area contributed by atoms with Gasteiger partial charge in [-0.05, 0) is 34.6 Å². The summed E-state index contributed by atoms with van der Waals surface area (Å²) in [6.45, 7) is 7.80. The molecule has 1 heterocycles. The minimum Gasteiger partial charge on any atom is -0.481 e. The van der Waals surface area contributed by atoms with E-state index < -0.39 is 41.6 Å². The first-order chi connectivity index (χ1) is 13.8. The van der Waals surface area contributed by atoms with Crippen LogP contribution in [0.5, 0.6) is 0 Å². The number of hydrogen-bond donors (Lipinski definition) is 2. The molecule has 0 spiro atoms. The second kappa shape index (κ2) is 10.6. The Kier molecular flexibility index (Phi) is 8.81. The van der Waals surface area contributed by atoms with E-state index in [2.05, 4.69) is 5.32 Å². The van der Waals surface area contributed by atoms with Gasteiger partial charge in [0.05, 0.1) is 12.5 Å². The first-order valence-electron chi connectivity index (χ1n) is 9.49. The molecule has 0 saturated carbocycles. The fourth-order valence-electron chi connectivity index (χ4n) is 2.54. The molecule has 0 aliphatic carbocycles. The van der Waals surface area contributed by atoms with Crippen LogP contribution in [0.15, 0.2) is 12.2 Å². The minimum absolute atomic E-state index is 0.0597. The molecule has 0 fully saturated rings. The van der Waals surface area contributed by atoms with E-state index in [4.69, 9.17) is 14.6 Å². The number of nitrogens with zero attached hydrogens (tertiary/aromatic N) is 2. The summed E-state index contributed by atoms with van der Waals surface area (Å²) in [5, 5.41) is 11.3. The van der Waals surface area contributed by atoms with Gasteiger partial charge >= 0.3 is 18.2 Å². The van der Waals surface area contributed by atoms with E-state index >= 15 is 0 Å². The molecule has 0 aromatic rings. The lowest BCUT2D eigenvalue weighted by Crippen LogP contribution is -2.51. The molecular formula is C19H29N3O8. The van der Waals surface area contributed by atoms with Crippen molar-refractivity contribution in [2.45, 2.75) is 58.7 Å². The van der Waals surface area contributed by atoms with Gasteiger partial charge in [0.1, 0.15) is 12.2 Å². The molecule has 11 heteroatoms. The number of nitrogens with one attached hydrogen (secondary N) is 1. The van der Waals surface area contributed by atoms with Crippen molar-refractivity contribution in [3.05, 3.63) is 12.2 Å². The highest BCUT2D eigenvalue weighted by atomic mass is 16.6. The quantitative estimate of drug-likeness (QED) is 0.521. The second-order valence-corrected chi connectivity index (χ2v) is 7.92. The Hall–Kier alpha value is -3.11. The largest absolute Gasteiger partial charge is 0.481 e. The highest BCUT2D eigenvalue weighted by Crippen LogP contribution is 2.12. The Bertz CT molecular complexity index is 693. The summed E-state index contributed by atoms with van der Waals surface area (Å²) in [4.78, 5) is 61.2. The van der Waals surface area contributed by atoms with Crippen molar-refractivity contribution in [1.29, 1.82) is 0 Å². The van der Waals surface area contributed by atoms with Crippen molar-refractivity contribution in [3.8, 4) is 0 Å².